The average molecular weight is 523 g/mol. The molecule has 11 heteroatoms. The molecule has 0 saturated carbocycles. The highest BCUT2D eigenvalue weighted by Crippen LogP contribution is 2.50. The fraction of sp³-hybridized carbons (Fsp3) is 0.346. The Hall–Kier alpha value is -3.70. The molecule has 0 unspecified atom stereocenters. The second kappa shape index (κ2) is 9.98. The monoisotopic (exact) mass is 522 g/mol. The minimum Gasteiger partial charge on any atom is -0.456 e. The van der Waals surface area contributed by atoms with Gasteiger partial charge in [0.05, 0.1) is 40.5 Å². The van der Waals surface area contributed by atoms with Crippen molar-refractivity contribution < 1.29 is 24.4 Å². The van der Waals surface area contributed by atoms with Crippen molar-refractivity contribution in [2.45, 2.75) is 39.0 Å². The summed E-state index contributed by atoms with van der Waals surface area (Å²) in [6.07, 6.45) is 3.55. The summed E-state index contributed by atoms with van der Waals surface area (Å²) >= 11 is 1.50. The third-order valence-corrected chi connectivity index (χ3v) is 8.22. The van der Waals surface area contributed by atoms with Crippen LogP contribution < -0.4 is 0 Å². The largest absolute Gasteiger partial charge is 0.456 e. The van der Waals surface area contributed by atoms with Gasteiger partial charge in [-0.2, -0.15) is 0 Å². The third kappa shape index (κ3) is 4.49. The summed E-state index contributed by atoms with van der Waals surface area (Å²) in [6, 6.07) is 11.4. The van der Waals surface area contributed by atoms with Crippen molar-refractivity contribution in [3.05, 3.63) is 87.0 Å². The number of β-lactam (4-membered cyclic amide) rings is 1. The number of carbonyl (C=O) groups is 2. The molecule has 3 aromatic rings. The van der Waals surface area contributed by atoms with Crippen LogP contribution in [-0.2, 0) is 27.4 Å². The van der Waals surface area contributed by atoms with Gasteiger partial charge in [-0.25, -0.2) is 9.78 Å². The molecule has 0 bridgehead atoms. The molecular formula is C26H26N4O6S. The fourth-order valence-electron chi connectivity index (χ4n) is 5.09. The first-order chi connectivity index (χ1) is 17.8. The maximum atomic E-state index is 13.3. The van der Waals surface area contributed by atoms with E-state index in [0.717, 1.165) is 16.1 Å². The maximum Gasteiger partial charge on any atom is 0.356 e. The molecule has 1 amide bonds. The number of hydrogen-bond donors (Lipinski definition) is 1. The molecule has 5 rings (SSSR count). The van der Waals surface area contributed by atoms with Gasteiger partial charge in [0.15, 0.2) is 0 Å². The molecular weight excluding hydrogens is 496 g/mol. The average Bonchev–Trinajstić information content (AvgIpc) is 3.39. The molecule has 4 atom stereocenters. The molecule has 0 radical (unpaired) electrons. The zero-order chi connectivity index (χ0) is 26.3. The normalized spacial score (nSPS) is 21.6. The number of rotatable bonds is 9. The number of aliphatic hydroxyl groups excluding tert-OH is 1. The van der Waals surface area contributed by atoms with Crippen molar-refractivity contribution in [2.75, 3.05) is 5.75 Å². The first kappa shape index (κ1) is 25.0. The zero-order valence-electron chi connectivity index (χ0n) is 20.3. The number of carbonyl (C=O) groups excluding carboxylic acids is 2. The van der Waals surface area contributed by atoms with Crippen LogP contribution in [0.3, 0.4) is 0 Å². The summed E-state index contributed by atoms with van der Waals surface area (Å²) in [5, 5.41) is 21.1. The number of aromatic nitrogens is 2. The van der Waals surface area contributed by atoms with E-state index < -0.39 is 22.9 Å². The van der Waals surface area contributed by atoms with Crippen LogP contribution in [0.5, 0.6) is 0 Å². The number of nitro benzene ring substituents is 1. The summed E-state index contributed by atoms with van der Waals surface area (Å²) < 4.78 is 7.50. The Morgan fingerprint density at radius 3 is 2.73 bits per heavy atom. The Morgan fingerprint density at radius 1 is 1.27 bits per heavy atom. The summed E-state index contributed by atoms with van der Waals surface area (Å²) in [5.41, 5.74) is 2.74. The molecule has 2 aromatic heterocycles. The topological polar surface area (TPSA) is 127 Å². The van der Waals surface area contributed by atoms with Gasteiger partial charge in [-0.05, 0) is 36.8 Å². The number of fused-ring (bicyclic) bond motifs is 2. The summed E-state index contributed by atoms with van der Waals surface area (Å²) in [6.45, 7) is 3.47. The number of aryl methyl sites for hydroxylation is 1. The van der Waals surface area contributed by atoms with Gasteiger partial charge in [0.2, 0.25) is 5.91 Å². The molecule has 2 aliphatic rings. The number of ether oxygens (including phenoxy) is 1. The van der Waals surface area contributed by atoms with Crippen LogP contribution >= 0.6 is 11.8 Å². The van der Waals surface area contributed by atoms with Gasteiger partial charge in [0.1, 0.15) is 12.3 Å². The second-order valence-electron chi connectivity index (χ2n) is 9.25. The van der Waals surface area contributed by atoms with Crippen LogP contribution in [0.2, 0.25) is 0 Å². The van der Waals surface area contributed by atoms with Gasteiger partial charge in [0, 0.05) is 41.3 Å². The maximum absolute atomic E-state index is 13.3. The van der Waals surface area contributed by atoms with Crippen LogP contribution in [0.4, 0.5) is 5.69 Å². The lowest BCUT2D eigenvalue weighted by molar-refractivity contribution is -0.384. The van der Waals surface area contributed by atoms with Crippen molar-refractivity contribution >= 4 is 34.8 Å². The number of benzene rings is 1. The lowest BCUT2D eigenvalue weighted by Crippen LogP contribution is -2.63. The van der Waals surface area contributed by atoms with Crippen LogP contribution in [0.1, 0.15) is 25.1 Å². The minimum absolute atomic E-state index is 0.0511. The summed E-state index contributed by atoms with van der Waals surface area (Å²) in [7, 11) is 0. The Morgan fingerprint density at radius 2 is 2.03 bits per heavy atom. The Kier molecular flexibility index (Phi) is 6.74. The first-order valence-electron chi connectivity index (χ1n) is 12.0. The van der Waals surface area contributed by atoms with Gasteiger partial charge in [0.25, 0.3) is 5.69 Å². The SMILES string of the molecule is C[C@@H](O)[C@H]1C(=O)N2C(C(=O)OCc3ccc([N+](=O)[O-])cc3)=C(SCCc3ncn4ccccc34)[C@H](C)[C@H]12. The van der Waals surface area contributed by atoms with Crippen molar-refractivity contribution in [2.24, 2.45) is 11.8 Å². The number of esters is 1. The van der Waals surface area contributed by atoms with Crippen LogP contribution in [0.15, 0.2) is 65.6 Å². The number of nitro groups is 1. The number of amides is 1. The number of imidazole rings is 1. The van der Waals surface area contributed by atoms with Crippen LogP contribution in [-0.4, -0.2) is 54.1 Å². The highest BCUT2D eigenvalue weighted by Gasteiger charge is 2.60. The molecule has 1 aromatic carbocycles. The van der Waals surface area contributed by atoms with E-state index in [2.05, 4.69) is 4.98 Å². The number of aliphatic hydroxyl groups is 1. The molecule has 4 heterocycles. The van der Waals surface area contributed by atoms with E-state index in [1.807, 2.05) is 35.7 Å². The quantitative estimate of drug-likeness (QED) is 0.196. The van der Waals surface area contributed by atoms with Gasteiger partial charge >= 0.3 is 5.97 Å². The van der Waals surface area contributed by atoms with E-state index in [1.165, 1.54) is 40.9 Å². The van der Waals surface area contributed by atoms with E-state index in [0.29, 0.717) is 17.7 Å². The number of thioether (sulfide) groups is 1. The van der Waals surface area contributed by atoms with E-state index in [4.69, 9.17) is 4.74 Å². The first-order valence-corrected chi connectivity index (χ1v) is 13.0. The van der Waals surface area contributed by atoms with E-state index in [-0.39, 0.29) is 35.9 Å². The summed E-state index contributed by atoms with van der Waals surface area (Å²) in [4.78, 5) is 43.3. The van der Waals surface area contributed by atoms with Crippen molar-refractivity contribution in [3.8, 4) is 0 Å². The Balaban J connectivity index is 1.34. The molecule has 192 valence electrons. The van der Waals surface area contributed by atoms with Gasteiger partial charge in [-0.3, -0.25) is 14.9 Å². The second-order valence-corrected chi connectivity index (χ2v) is 10.4. The molecule has 1 fully saturated rings. The molecule has 0 spiro atoms. The predicted octanol–water partition coefficient (Wildman–Crippen LogP) is 3.33. The van der Waals surface area contributed by atoms with Crippen molar-refractivity contribution in [1.29, 1.82) is 0 Å². The smallest absolute Gasteiger partial charge is 0.356 e. The van der Waals surface area contributed by atoms with Crippen molar-refractivity contribution in [1.82, 2.24) is 14.3 Å². The molecule has 37 heavy (non-hydrogen) atoms. The van der Waals surface area contributed by atoms with Crippen LogP contribution in [0, 0.1) is 22.0 Å². The highest BCUT2D eigenvalue weighted by molar-refractivity contribution is 8.03. The van der Waals surface area contributed by atoms with Gasteiger partial charge < -0.3 is 19.1 Å². The fourth-order valence-corrected chi connectivity index (χ4v) is 6.32. The number of pyridine rings is 1. The highest BCUT2D eigenvalue weighted by atomic mass is 32.2. The molecule has 10 nitrogen and oxygen atoms in total. The minimum atomic E-state index is -0.824. The standard InChI is InChI=1S/C26H26N4O6S/c1-15-22-21(16(2)31)25(32)29(22)23(26(33)36-13-17-6-8-18(9-7-17)30(34)35)24(15)37-12-10-19-20-5-3-4-11-28(20)14-27-19/h3-9,11,14-16,21-22,31H,10,12-13H2,1-2H3/t15-,16-,21-,22-/m1/s1. The van der Waals surface area contributed by atoms with Crippen LogP contribution in [0.25, 0.3) is 5.52 Å². The summed E-state index contributed by atoms with van der Waals surface area (Å²) in [5.74, 6) is -0.968. The molecule has 0 aliphatic carbocycles. The lowest BCUT2D eigenvalue weighted by atomic mass is 9.79. The van der Waals surface area contributed by atoms with E-state index >= 15 is 0 Å². The van der Waals surface area contributed by atoms with E-state index in [9.17, 15) is 24.8 Å². The predicted molar refractivity (Wildman–Crippen MR) is 136 cm³/mol. The molecule has 1 N–H and O–H groups in total. The number of non-ortho nitro benzene ring substituents is 1. The van der Waals surface area contributed by atoms with Gasteiger partial charge in [-0.15, -0.1) is 11.8 Å². The number of nitrogens with zero attached hydrogens (tertiary/aromatic N) is 4. The van der Waals surface area contributed by atoms with E-state index in [1.54, 1.807) is 13.3 Å². The van der Waals surface area contributed by atoms with Crippen molar-refractivity contribution in [3.63, 3.8) is 0 Å². The lowest BCUT2D eigenvalue weighted by Gasteiger charge is -2.46. The number of hydrogen-bond acceptors (Lipinski definition) is 8. The Labute approximate surface area is 217 Å². The van der Waals surface area contributed by atoms with Gasteiger partial charge in [-0.1, -0.05) is 13.0 Å². The molecule has 2 aliphatic heterocycles. The Bertz CT molecular complexity index is 1400. The molecule has 1 saturated heterocycles. The third-order valence-electron chi connectivity index (χ3n) is 6.94. The zero-order valence-corrected chi connectivity index (χ0v) is 21.1.